The van der Waals surface area contributed by atoms with E-state index in [0.717, 1.165) is 4.47 Å². The fourth-order valence-electron chi connectivity index (χ4n) is 1.41. The standard InChI is InChI=1S/C11H12N2O4S2/c1-2-5-16-9-3-4-11(12-6-9)19(14,15)13-7-10(18)8-17-13/h3-4,6,10,18H,7-8H2,1H3. The fourth-order valence-corrected chi connectivity index (χ4v) is 2.94. The van der Waals surface area contributed by atoms with Crippen LogP contribution in [0.4, 0.5) is 0 Å². The first kappa shape index (κ1) is 14.1. The van der Waals surface area contributed by atoms with Crippen LogP contribution in [0.2, 0.25) is 0 Å². The summed E-state index contributed by atoms with van der Waals surface area (Å²) in [6.07, 6.45) is 3.70. The summed E-state index contributed by atoms with van der Waals surface area (Å²) >= 11 is 4.16. The van der Waals surface area contributed by atoms with Crippen LogP contribution in [0.25, 0.3) is 0 Å². The van der Waals surface area contributed by atoms with Gasteiger partial charge in [-0.1, -0.05) is 10.4 Å². The van der Waals surface area contributed by atoms with Gasteiger partial charge in [-0.2, -0.15) is 12.6 Å². The lowest BCUT2D eigenvalue weighted by Gasteiger charge is -2.13. The molecule has 0 bridgehead atoms. The number of ether oxygens (including phenoxy) is 1. The maximum absolute atomic E-state index is 12.1. The topological polar surface area (TPSA) is 68.7 Å². The Morgan fingerprint density at radius 3 is 2.89 bits per heavy atom. The smallest absolute Gasteiger partial charge is 0.282 e. The van der Waals surface area contributed by atoms with Gasteiger partial charge in [-0.25, -0.2) is 13.4 Å². The molecule has 1 aliphatic heterocycles. The average Bonchev–Trinajstić information content (AvgIpc) is 2.84. The maximum atomic E-state index is 12.1. The first-order valence-electron chi connectivity index (χ1n) is 5.42. The van der Waals surface area contributed by atoms with Crippen LogP contribution >= 0.6 is 12.6 Å². The van der Waals surface area contributed by atoms with Crippen molar-refractivity contribution in [3.63, 3.8) is 0 Å². The molecule has 0 saturated carbocycles. The Labute approximate surface area is 117 Å². The number of rotatable bonds is 3. The van der Waals surface area contributed by atoms with Gasteiger partial charge >= 0.3 is 0 Å². The van der Waals surface area contributed by atoms with Gasteiger partial charge in [-0.05, 0) is 12.1 Å². The van der Waals surface area contributed by atoms with Crippen LogP contribution in [0.3, 0.4) is 0 Å². The molecule has 1 aliphatic rings. The molecule has 1 fully saturated rings. The van der Waals surface area contributed by atoms with E-state index in [9.17, 15) is 8.42 Å². The largest absolute Gasteiger partial charge is 0.406 e. The molecule has 8 heteroatoms. The highest BCUT2D eigenvalue weighted by Gasteiger charge is 2.33. The van der Waals surface area contributed by atoms with Crippen molar-refractivity contribution in [3.8, 4) is 17.8 Å². The van der Waals surface area contributed by atoms with E-state index >= 15 is 0 Å². The molecular formula is C11H12N2O4S2. The van der Waals surface area contributed by atoms with Gasteiger partial charge in [0.25, 0.3) is 10.0 Å². The molecular weight excluding hydrogens is 288 g/mol. The summed E-state index contributed by atoms with van der Waals surface area (Å²) in [6, 6.07) is 2.83. The fraction of sp³-hybridized carbons (Fsp3) is 0.364. The summed E-state index contributed by atoms with van der Waals surface area (Å²) < 4.78 is 30.2. The van der Waals surface area contributed by atoms with Crippen LogP contribution in [-0.4, -0.2) is 36.3 Å². The first-order chi connectivity index (χ1) is 9.04. The highest BCUT2D eigenvalue weighted by atomic mass is 32.2. The normalized spacial score (nSPS) is 19.8. The second-order valence-corrected chi connectivity index (χ2v) is 6.23. The summed E-state index contributed by atoms with van der Waals surface area (Å²) in [5.74, 6) is 2.93. The number of hydrogen-bond acceptors (Lipinski definition) is 6. The van der Waals surface area contributed by atoms with E-state index in [4.69, 9.17) is 9.57 Å². The number of pyridine rings is 1. The molecule has 0 amide bonds. The maximum Gasteiger partial charge on any atom is 0.282 e. The van der Waals surface area contributed by atoms with E-state index in [0.29, 0.717) is 5.75 Å². The highest BCUT2D eigenvalue weighted by Crippen LogP contribution is 2.21. The molecule has 1 aromatic heterocycles. The summed E-state index contributed by atoms with van der Waals surface area (Å²) in [6.45, 7) is 2.09. The van der Waals surface area contributed by atoms with Crippen molar-refractivity contribution < 1.29 is 18.0 Å². The molecule has 0 aromatic carbocycles. The van der Waals surface area contributed by atoms with Gasteiger partial charge in [0.2, 0.25) is 0 Å². The van der Waals surface area contributed by atoms with E-state index in [1.165, 1.54) is 18.3 Å². The number of hydroxylamine groups is 1. The molecule has 1 unspecified atom stereocenters. The van der Waals surface area contributed by atoms with Gasteiger partial charge in [0.1, 0.15) is 6.11 Å². The van der Waals surface area contributed by atoms with Gasteiger partial charge in [-0.15, -0.1) is 0 Å². The molecule has 1 atom stereocenters. The van der Waals surface area contributed by atoms with E-state index in [1.807, 2.05) is 0 Å². The van der Waals surface area contributed by atoms with Gasteiger partial charge in [-0.3, -0.25) is 4.84 Å². The van der Waals surface area contributed by atoms with Crippen LogP contribution in [0.5, 0.6) is 5.75 Å². The van der Waals surface area contributed by atoms with Crippen LogP contribution in [0.15, 0.2) is 23.4 Å². The molecule has 19 heavy (non-hydrogen) atoms. The van der Waals surface area contributed by atoms with E-state index in [2.05, 4.69) is 29.6 Å². The van der Waals surface area contributed by atoms with Crippen LogP contribution in [-0.2, 0) is 14.9 Å². The molecule has 2 rings (SSSR count). The molecule has 2 heterocycles. The number of sulfonamides is 1. The summed E-state index contributed by atoms with van der Waals surface area (Å²) in [7, 11) is -3.75. The Morgan fingerprint density at radius 1 is 1.58 bits per heavy atom. The molecule has 0 spiro atoms. The van der Waals surface area contributed by atoms with Crippen molar-refractivity contribution in [2.24, 2.45) is 0 Å². The van der Waals surface area contributed by atoms with Crippen LogP contribution < -0.4 is 4.74 Å². The molecule has 1 saturated heterocycles. The van der Waals surface area contributed by atoms with Crippen LogP contribution in [0.1, 0.15) is 6.92 Å². The van der Waals surface area contributed by atoms with Crippen molar-refractivity contribution >= 4 is 22.7 Å². The second kappa shape index (κ2) is 5.79. The van der Waals surface area contributed by atoms with Crippen molar-refractivity contribution in [2.75, 3.05) is 13.2 Å². The lowest BCUT2D eigenvalue weighted by atomic mass is 10.5. The zero-order valence-corrected chi connectivity index (χ0v) is 11.8. The third-order valence-electron chi connectivity index (χ3n) is 2.28. The number of aromatic nitrogens is 1. The van der Waals surface area contributed by atoms with Crippen molar-refractivity contribution in [1.82, 2.24) is 9.45 Å². The Balaban J connectivity index is 2.18. The Bertz CT molecular complexity index is 604. The minimum Gasteiger partial charge on any atom is -0.406 e. The third kappa shape index (κ3) is 3.19. The molecule has 1 aromatic rings. The van der Waals surface area contributed by atoms with Crippen molar-refractivity contribution in [3.05, 3.63) is 18.3 Å². The van der Waals surface area contributed by atoms with E-state index in [1.54, 1.807) is 6.92 Å². The quantitative estimate of drug-likeness (QED) is 0.656. The van der Waals surface area contributed by atoms with Gasteiger partial charge in [0.05, 0.1) is 19.3 Å². The van der Waals surface area contributed by atoms with Crippen LogP contribution in [0, 0.1) is 12.0 Å². The molecule has 6 nitrogen and oxygen atoms in total. The second-order valence-electron chi connectivity index (χ2n) is 3.73. The van der Waals surface area contributed by atoms with Crippen molar-refractivity contribution in [1.29, 1.82) is 0 Å². The van der Waals surface area contributed by atoms with E-state index in [-0.39, 0.29) is 23.4 Å². The van der Waals surface area contributed by atoms with Gasteiger partial charge < -0.3 is 4.74 Å². The Hall–Kier alpha value is -1.27. The van der Waals surface area contributed by atoms with Crippen molar-refractivity contribution in [2.45, 2.75) is 17.2 Å². The zero-order valence-electron chi connectivity index (χ0n) is 10.1. The summed E-state index contributed by atoms with van der Waals surface area (Å²) in [5, 5.41) is -0.232. The Morgan fingerprint density at radius 2 is 2.37 bits per heavy atom. The summed E-state index contributed by atoms with van der Waals surface area (Å²) in [5.41, 5.74) is 0. The lowest BCUT2D eigenvalue weighted by Crippen LogP contribution is -2.28. The number of thiol groups is 1. The molecule has 0 N–H and O–H groups in total. The first-order valence-corrected chi connectivity index (χ1v) is 7.38. The Kier molecular flexibility index (Phi) is 4.31. The van der Waals surface area contributed by atoms with Gasteiger partial charge in [0, 0.05) is 12.2 Å². The SMILES string of the molecule is CC#COc1ccc(S(=O)(=O)N2CC(S)CO2)nc1. The average molecular weight is 300 g/mol. The molecule has 102 valence electrons. The highest BCUT2D eigenvalue weighted by molar-refractivity contribution is 7.89. The monoisotopic (exact) mass is 300 g/mol. The minimum atomic E-state index is -3.75. The predicted octanol–water partition coefficient (Wildman–Crippen LogP) is 0.676. The predicted molar refractivity (Wildman–Crippen MR) is 70.9 cm³/mol. The summed E-state index contributed by atoms with van der Waals surface area (Å²) in [4.78, 5) is 8.90. The number of nitrogens with zero attached hydrogens (tertiary/aromatic N) is 2. The van der Waals surface area contributed by atoms with E-state index < -0.39 is 10.0 Å². The number of hydrogen-bond donors (Lipinski definition) is 1. The lowest BCUT2D eigenvalue weighted by molar-refractivity contribution is -0.0285. The molecule has 0 aliphatic carbocycles. The molecule has 0 radical (unpaired) electrons. The minimum absolute atomic E-state index is 0.105. The zero-order chi connectivity index (χ0) is 13.9. The third-order valence-corrected chi connectivity index (χ3v) is 4.16. The van der Waals surface area contributed by atoms with Gasteiger partial charge in [0.15, 0.2) is 10.8 Å².